The molecule has 0 aliphatic carbocycles. The molecule has 0 fully saturated rings. The number of carbonyl (C=O) groups excluding carboxylic acids is 1. The molecule has 24 heavy (non-hydrogen) atoms. The molecule has 1 aromatic carbocycles. The summed E-state index contributed by atoms with van der Waals surface area (Å²) >= 11 is 0. The van der Waals surface area contributed by atoms with Crippen molar-refractivity contribution in [3.8, 4) is 0 Å². The van der Waals surface area contributed by atoms with Crippen molar-refractivity contribution in [3.05, 3.63) is 66.7 Å². The molecule has 1 atom stereocenters. The summed E-state index contributed by atoms with van der Waals surface area (Å²) in [6, 6.07) is 15.5. The van der Waals surface area contributed by atoms with E-state index in [2.05, 4.69) is 15.5 Å². The first-order valence-electron chi connectivity index (χ1n) is 7.85. The van der Waals surface area contributed by atoms with Crippen molar-refractivity contribution in [2.45, 2.75) is 19.5 Å². The Hall–Kier alpha value is -3.15. The number of hydrogen-bond acceptors (Lipinski definition) is 3. The van der Waals surface area contributed by atoms with E-state index >= 15 is 0 Å². The van der Waals surface area contributed by atoms with Gasteiger partial charge in [-0.2, -0.15) is 0 Å². The molecule has 1 N–H and O–H groups in total. The van der Waals surface area contributed by atoms with Gasteiger partial charge in [0.2, 0.25) is 5.91 Å². The van der Waals surface area contributed by atoms with Crippen molar-refractivity contribution in [3.63, 3.8) is 0 Å². The smallest absolute Gasteiger partial charge is 0.240 e. The highest BCUT2D eigenvalue weighted by atomic mass is 16.2. The summed E-state index contributed by atoms with van der Waals surface area (Å²) in [5.74, 6) is 0.660. The average Bonchev–Trinajstić information content (AvgIpc) is 3.19. The first-order valence-corrected chi connectivity index (χ1v) is 7.85. The Morgan fingerprint density at radius 1 is 1.08 bits per heavy atom. The molecule has 4 rings (SSSR count). The number of pyridine rings is 1. The molecule has 3 heterocycles. The molecular formula is C18H17N5O. The van der Waals surface area contributed by atoms with Crippen LogP contribution in [0.4, 0.5) is 0 Å². The lowest BCUT2D eigenvalue weighted by molar-refractivity contribution is -0.122. The highest BCUT2D eigenvalue weighted by Gasteiger charge is 2.16. The minimum absolute atomic E-state index is 0.0588. The lowest BCUT2D eigenvalue weighted by atomic mass is 10.2. The maximum atomic E-state index is 12.4. The van der Waals surface area contributed by atoms with Crippen molar-refractivity contribution in [1.82, 2.24) is 24.5 Å². The molecule has 0 unspecified atom stereocenters. The third-order valence-corrected chi connectivity index (χ3v) is 4.10. The summed E-state index contributed by atoms with van der Waals surface area (Å²) in [7, 11) is 0. The van der Waals surface area contributed by atoms with E-state index in [0.29, 0.717) is 0 Å². The third kappa shape index (κ3) is 2.52. The fourth-order valence-corrected chi connectivity index (χ4v) is 2.94. The van der Waals surface area contributed by atoms with Gasteiger partial charge in [-0.1, -0.05) is 24.3 Å². The Labute approximate surface area is 138 Å². The molecule has 0 radical (unpaired) electrons. The van der Waals surface area contributed by atoms with Gasteiger partial charge in [-0.3, -0.25) is 9.20 Å². The van der Waals surface area contributed by atoms with Gasteiger partial charge in [0, 0.05) is 17.9 Å². The van der Waals surface area contributed by atoms with Crippen molar-refractivity contribution >= 4 is 22.5 Å². The zero-order valence-electron chi connectivity index (χ0n) is 13.3. The normalized spacial score (nSPS) is 12.5. The maximum absolute atomic E-state index is 12.4. The molecule has 0 spiro atoms. The van der Waals surface area contributed by atoms with Crippen LogP contribution in [0.25, 0.3) is 16.6 Å². The number of nitrogens with zero attached hydrogens (tertiary/aromatic N) is 4. The summed E-state index contributed by atoms with van der Waals surface area (Å²) in [4.78, 5) is 12.4. The quantitative estimate of drug-likeness (QED) is 0.629. The number of rotatable bonds is 4. The van der Waals surface area contributed by atoms with E-state index < -0.39 is 0 Å². The zero-order chi connectivity index (χ0) is 16.5. The van der Waals surface area contributed by atoms with Crippen LogP contribution in [0.3, 0.4) is 0 Å². The number of para-hydroxylation sites is 1. The van der Waals surface area contributed by atoms with Gasteiger partial charge in [-0.25, -0.2) is 0 Å². The second-order valence-electron chi connectivity index (χ2n) is 5.78. The fourth-order valence-electron chi connectivity index (χ4n) is 2.94. The monoisotopic (exact) mass is 319 g/mol. The lowest BCUT2D eigenvalue weighted by Crippen LogP contribution is -2.30. The molecule has 1 amide bonds. The minimum Gasteiger partial charge on any atom is -0.345 e. The first kappa shape index (κ1) is 14.4. The zero-order valence-corrected chi connectivity index (χ0v) is 13.3. The van der Waals surface area contributed by atoms with Gasteiger partial charge in [-0.15, -0.1) is 10.2 Å². The van der Waals surface area contributed by atoms with Gasteiger partial charge in [0.25, 0.3) is 0 Å². The highest BCUT2D eigenvalue weighted by Crippen LogP contribution is 2.15. The molecular weight excluding hydrogens is 302 g/mol. The number of nitrogens with one attached hydrogen (secondary N) is 1. The highest BCUT2D eigenvalue weighted by molar-refractivity contribution is 5.83. The SMILES string of the molecule is C[C@@H](NC(=O)Cn1ccc2ccccc21)c1nnc2ccccn12. The molecule has 0 aliphatic heterocycles. The number of benzene rings is 1. The standard InChI is InChI=1S/C18H17N5O/c1-13(18-21-20-16-8-4-5-10-23(16)18)19-17(24)12-22-11-9-14-6-2-3-7-15(14)22/h2-11,13H,12H2,1H3,(H,19,24)/t13-/m1/s1. The number of aromatic nitrogens is 4. The number of fused-ring (bicyclic) bond motifs is 2. The van der Waals surface area contributed by atoms with E-state index in [-0.39, 0.29) is 18.5 Å². The second-order valence-corrected chi connectivity index (χ2v) is 5.78. The summed E-state index contributed by atoms with van der Waals surface area (Å²) in [6.07, 6.45) is 3.83. The van der Waals surface area contributed by atoms with E-state index in [4.69, 9.17) is 0 Å². The van der Waals surface area contributed by atoms with Crippen molar-refractivity contribution in [1.29, 1.82) is 0 Å². The Bertz CT molecular complexity index is 1020. The topological polar surface area (TPSA) is 64.2 Å². The van der Waals surface area contributed by atoms with Gasteiger partial charge in [0.1, 0.15) is 6.54 Å². The summed E-state index contributed by atoms with van der Waals surface area (Å²) < 4.78 is 3.83. The number of amides is 1. The van der Waals surface area contributed by atoms with E-state index in [0.717, 1.165) is 22.4 Å². The number of carbonyl (C=O) groups is 1. The van der Waals surface area contributed by atoms with Crippen LogP contribution in [0.5, 0.6) is 0 Å². The van der Waals surface area contributed by atoms with Crippen molar-refractivity contribution in [2.24, 2.45) is 0 Å². The van der Waals surface area contributed by atoms with Crippen LogP contribution in [0, 0.1) is 0 Å². The molecule has 0 bridgehead atoms. The van der Waals surface area contributed by atoms with Crippen LogP contribution in [0.15, 0.2) is 60.9 Å². The maximum Gasteiger partial charge on any atom is 0.240 e. The van der Waals surface area contributed by atoms with Crippen LogP contribution in [-0.4, -0.2) is 25.1 Å². The average molecular weight is 319 g/mol. The van der Waals surface area contributed by atoms with Gasteiger partial charge < -0.3 is 9.88 Å². The molecule has 4 aromatic rings. The molecule has 0 aliphatic rings. The van der Waals surface area contributed by atoms with Crippen molar-refractivity contribution < 1.29 is 4.79 Å². The first-order chi connectivity index (χ1) is 11.7. The molecule has 120 valence electrons. The van der Waals surface area contributed by atoms with Crippen LogP contribution < -0.4 is 5.32 Å². The molecule has 0 saturated heterocycles. The van der Waals surface area contributed by atoms with Gasteiger partial charge in [-0.05, 0) is 36.6 Å². The Morgan fingerprint density at radius 2 is 1.92 bits per heavy atom. The number of hydrogen-bond donors (Lipinski definition) is 1. The predicted molar refractivity (Wildman–Crippen MR) is 91.5 cm³/mol. The minimum atomic E-state index is -0.225. The van der Waals surface area contributed by atoms with E-state index in [1.807, 2.05) is 76.8 Å². The molecule has 6 nitrogen and oxygen atoms in total. The summed E-state index contributed by atoms with van der Waals surface area (Å²) in [5.41, 5.74) is 1.82. The van der Waals surface area contributed by atoms with Gasteiger partial charge in [0.15, 0.2) is 11.5 Å². The Morgan fingerprint density at radius 3 is 2.83 bits per heavy atom. The van der Waals surface area contributed by atoms with E-state index in [1.165, 1.54) is 0 Å². The van der Waals surface area contributed by atoms with E-state index in [1.54, 1.807) is 0 Å². The largest absolute Gasteiger partial charge is 0.345 e. The third-order valence-electron chi connectivity index (χ3n) is 4.10. The fraction of sp³-hybridized carbons (Fsp3) is 0.167. The van der Waals surface area contributed by atoms with Crippen LogP contribution >= 0.6 is 0 Å². The Balaban J connectivity index is 1.51. The molecule has 0 saturated carbocycles. The lowest BCUT2D eigenvalue weighted by Gasteiger charge is -2.13. The summed E-state index contributed by atoms with van der Waals surface area (Å²) in [5, 5.41) is 12.4. The van der Waals surface area contributed by atoms with Crippen molar-refractivity contribution in [2.75, 3.05) is 0 Å². The second kappa shape index (κ2) is 5.81. The summed E-state index contributed by atoms with van der Waals surface area (Å²) in [6.45, 7) is 2.18. The van der Waals surface area contributed by atoms with Crippen LogP contribution in [0.1, 0.15) is 18.8 Å². The molecule has 6 heteroatoms. The van der Waals surface area contributed by atoms with Crippen LogP contribution in [-0.2, 0) is 11.3 Å². The van der Waals surface area contributed by atoms with E-state index in [9.17, 15) is 4.79 Å². The predicted octanol–water partition coefficient (Wildman–Crippen LogP) is 2.56. The Kier molecular flexibility index (Phi) is 3.49. The molecule has 3 aromatic heterocycles. The van der Waals surface area contributed by atoms with Gasteiger partial charge in [0.05, 0.1) is 6.04 Å². The van der Waals surface area contributed by atoms with Crippen LogP contribution in [0.2, 0.25) is 0 Å². The van der Waals surface area contributed by atoms with Gasteiger partial charge >= 0.3 is 0 Å².